The quantitative estimate of drug-likeness (QED) is 0.289. The van der Waals surface area contributed by atoms with Crippen molar-refractivity contribution >= 4 is 31.3 Å². The SMILES string of the molecule is BC1CC(OCC)C(COP(=O)(O)OP(=O)(O)OP(=O)(O)O)O1. The molecule has 16 heteroatoms. The number of rotatable bonds is 9. The summed E-state index contributed by atoms with van der Waals surface area (Å²) in [5.41, 5.74) is 0. The lowest BCUT2D eigenvalue weighted by Crippen LogP contribution is -2.29. The molecule has 0 spiro atoms. The molecule has 23 heavy (non-hydrogen) atoms. The molecule has 0 aliphatic carbocycles. The predicted octanol–water partition coefficient (Wildman–Crippen LogP) is -0.517. The number of phosphoric acid groups is 3. The molecule has 0 saturated carbocycles. The third kappa shape index (κ3) is 8.35. The van der Waals surface area contributed by atoms with Gasteiger partial charge in [-0.15, -0.1) is 0 Å². The van der Waals surface area contributed by atoms with E-state index < -0.39 is 42.3 Å². The first-order valence-corrected chi connectivity index (χ1v) is 10.9. The van der Waals surface area contributed by atoms with E-state index in [-0.39, 0.29) is 6.00 Å². The van der Waals surface area contributed by atoms with Gasteiger partial charge in [-0.2, -0.15) is 8.62 Å². The van der Waals surface area contributed by atoms with Crippen LogP contribution >= 0.6 is 23.5 Å². The number of phosphoric ester groups is 1. The van der Waals surface area contributed by atoms with Gasteiger partial charge >= 0.3 is 23.5 Å². The Morgan fingerprint density at radius 2 is 1.74 bits per heavy atom. The van der Waals surface area contributed by atoms with Gasteiger partial charge in [-0.05, 0) is 13.3 Å². The van der Waals surface area contributed by atoms with Crippen LogP contribution in [0.5, 0.6) is 0 Å². The Morgan fingerprint density at radius 1 is 1.13 bits per heavy atom. The molecule has 1 fully saturated rings. The molecule has 1 saturated heterocycles. The molecule has 0 aromatic heterocycles. The van der Waals surface area contributed by atoms with Crippen LogP contribution in [0.2, 0.25) is 0 Å². The number of ether oxygens (including phenoxy) is 2. The second-order valence-corrected chi connectivity index (χ2v) is 9.02. The first kappa shape index (κ1) is 21.4. The molecule has 1 aliphatic rings. The normalized spacial score (nSPS) is 30.7. The topological polar surface area (TPSA) is 178 Å². The fourth-order valence-electron chi connectivity index (χ4n) is 1.93. The molecule has 136 valence electrons. The second kappa shape index (κ2) is 8.18. The van der Waals surface area contributed by atoms with E-state index in [4.69, 9.17) is 24.2 Å². The summed E-state index contributed by atoms with van der Waals surface area (Å²) in [7, 11) is -14.3. The summed E-state index contributed by atoms with van der Waals surface area (Å²) in [5.74, 6) is 0. The molecule has 4 N–H and O–H groups in total. The summed E-state index contributed by atoms with van der Waals surface area (Å²) in [4.78, 5) is 35.2. The zero-order chi connectivity index (χ0) is 17.9. The highest BCUT2D eigenvalue weighted by atomic mass is 31.3. The third-order valence-corrected chi connectivity index (χ3v) is 6.39. The fourth-order valence-corrected chi connectivity index (χ4v) is 4.96. The van der Waals surface area contributed by atoms with E-state index >= 15 is 0 Å². The van der Waals surface area contributed by atoms with Crippen molar-refractivity contribution in [1.29, 1.82) is 0 Å². The number of hydrogen-bond donors (Lipinski definition) is 4. The minimum atomic E-state index is -5.51. The summed E-state index contributed by atoms with van der Waals surface area (Å²) in [6.07, 6.45) is -0.588. The Kier molecular flexibility index (Phi) is 7.63. The molecule has 1 rings (SSSR count). The van der Waals surface area contributed by atoms with Gasteiger partial charge in [0.05, 0.1) is 12.7 Å². The first-order valence-electron chi connectivity index (χ1n) is 6.39. The van der Waals surface area contributed by atoms with Crippen molar-refractivity contribution in [3.63, 3.8) is 0 Å². The van der Waals surface area contributed by atoms with Crippen molar-refractivity contribution in [3.05, 3.63) is 0 Å². The van der Waals surface area contributed by atoms with Gasteiger partial charge < -0.3 is 29.0 Å². The first-order chi connectivity index (χ1) is 10.3. The average molecular weight is 398 g/mol. The lowest BCUT2D eigenvalue weighted by molar-refractivity contribution is -0.0330. The molecule has 5 atom stereocenters. The van der Waals surface area contributed by atoms with E-state index in [1.54, 1.807) is 14.8 Å². The Labute approximate surface area is 132 Å². The molecule has 12 nitrogen and oxygen atoms in total. The van der Waals surface area contributed by atoms with Crippen LogP contribution in [0.15, 0.2) is 0 Å². The molecule has 0 aromatic carbocycles. The van der Waals surface area contributed by atoms with E-state index in [2.05, 4.69) is 13.1 Å². The summed E-state index contributed by atoms with van der Waals surface area (Å²) >= 11 is 0. The number of hydrogen-bond acceptors (Lipinski definition) is 8. The highest BCUT2D eigenvalue weighted by Gasteiger charge is 2.42. The van der Waals surface area contributed by atoms with Gasteiger partial charge in [0.1, 0.15) is 14.0 Å². The van der Waals surface area contributed by atoms with Crippen LogP contribution in [-0.2, 0) is 36.3 Å². The predicted molar refractivity (Wildman–Crippen MR) is 77.1 cm³/mol. The molecule has 0 amide bonds. The Bertz CT molecular complexity index is 535. The molecule has 0 radical (unpaired) electrons. The van der Waals surface area contributed by atoms with Crippen LogP contribution in [0.25, 0.3) is 0 Å². The van der Waals surface area contributed by atoms with Crippen molar-refractivity contribution < 1.29 is 55.9 Å². The molecular weight excluding hydrogens is 380 g/mol. The Morgan fingerprint density at radius 3 is 2.26 bits per heavy atom. The largest absolute Gasteiger partial charge is 0.490 e. The van der Waals surface area contributed by atoms with Crippen LogP contribution in [0.4, 0.5) is 0 Å². The minimum Gasteiger partial charge on any atom is -0.379 e. The van der Waals surface area contributed by atoms with Crippen LogP contribution in [-0.4, -0.2) is 58.8 Å². The summed E-state index contributed by atoms with van der Waals surface area (Å²) in [6.45, 7) is 1.63. The van der Waals surface area contributed by atoms with E-state index in [1.807, 2.05) is 0 Å². The Hall–Kier alpha value is 0.395. The van der Waals surface area contributed by atoms with Gasteiger partial charge in [-0.25, -0.2) is 13.7 Å². The lowest BCUT2D eigenvalue weighted by atomic mass is 9.96. The minimum absolute atomic E-state index is 0.180. The van der Waals surface area contributed by atoms with E-state index in [0.29, 0.717) is 13.0 Å². The maximum Gasteiger partial charge on any atom is 0.490 e. The zero-order valence-electron chi connectivity index (χ0n) is 12.2. The van der Waals surface area contributed by atoms with E-state index in [1.165, 1.54) is 0 Å². The van der Waals surface area contributed by atoms with Crippen LogP contribution in [0, 0.1) is 0 Å². The molecule has 5 unspecified atom stereocenters. The van der Waals surface area contributed by atoms with Gasteiger partial charge in [0.2, 0.25) is 0 Å². The average Bonchev–Trinajstić information content (AvgIpc) is 2.63. The molecule has 1 aliphatic heterocycles. The van der Waals surface area contributed by atoms with E-state index in [0.717, 1.165) is 0 Å². The van der Waals surface area contributed by atoms with Gasteiger partial charge in [0, 0.05) is 12.6 Å². The smallest absolute Gasteiger partial charge is 0.379 e. The van der Waals surface area contributed by atoms with Crippen molar-refractivity contribution in [2.24, 2.45) is 0 Å². The lowest BCUT2D eigenvalue weighted by Gasteiger charge is -2.21. The highest BCUT2D eigenvalue weighted by Crippen LogP contribution is 2.66. The highest BCUT2D eigenvalue weighted by molar-refractivity contribution is 7.66. The monoisotopic (exact) mass is 398 g/mol. The second-order valence-electron chi connectivity index (χ2n) is 4.60. The standard InChI is InChI=1S/C7H18BO12P3/c1-2-16-5-3-7(8)18-6(5)4-17-22(12,13)20-23(14,15)19-21(9,10)11/h5-7H,2-4,8H2,1H3,(H,12,13)(H,14,15)(H2,9,10,11). The van der Waals surface area contributed by atoms with Crippen LogP contribution in [0.3, 0.4) is 0 Å². The van der Waals surface area contributed by atoms with Crippen molar-refractivity contribution in [2.75, 3.05) is 13.2 Å². The maximum atomic E-state index is 11.6. The van der Waals surface area contributed by atoms with Gasteiger partial charge in [0.15, 0.2) is 0 Å². The van der Waals surface area contributed by atoms with Gasteiger partial charge in [-0.3, -0.25) is 4.52 Å². The molecule has 1 heterocycles. The Balaban J connectivity index is 2.60. The van der Waals surface area contributed by atoms with Crippen LogP contribution < -0.4 is 0 Å². The molecular formula is C7H18BO12P3. The van der Waals surface area contributed by atoms with Crippen molar-refractivity contribution in [2.45, 2.75) is 31.6 Å². The summed E-state index contributed by atoms with van der Waals surface area (Å²) in [5, 5.41) is 0. The fraction of sp³-hybridized carbons (Fsp3) is 1.00. The third-order valence-electron chi connectivity index (χ3n) is 2.58. The molecule has 0 bridgehead atoms. The van der Waals surface area contributed by atoms with Crippen molar-refractivity contribution in [1.82, 2.24) is 0 Å². The van der Waals surface area contributed by atoms with Crippen LogP contribution in [0.1, 0.15) is 13.3 Å². The molecule has 0 aromatic rings. The van der Waals surface area contributed by atoms with Crippen molar-refractivity contribution in [3.8, 4) is 0 Å². The summed E-state index contributed by atoms with van der Waals surface area (Å²) < 4.78 is 55.7. The van der Waals surface area contributed by atoms with E-state index in [9.17, 15) is 18.6 Å². The van der Waals surface area contributed by atoms with Gasteiger partial charge in [0.25, 0.3) is 0 Å². The maximum absolute atomic E-state index is 11.6. The summed E-state index contributed by atoms with van der Waals surface area (Å²) in [6, 6.07) is -0.180. The van der Waals surface area contributed by atoms with Gasteiger partial charge in [-0.1, -0.05) is 0 Å². The zero-order valence-corrected chi connectivity index (χ0v) is 14.9.